The van der Waals surface area contributed by atoms with Crippen LogP contribution in [0.15, 0.2) is 91.0 Å². The number of aryl methyl sites for hydroxylation is 1. The van der Waals surface area contributed by atoms with Crippen LogP contribution in [0.2, 0.25) is 0 Å². The first-order chi connectivity index (χ1) is 18.1. The molecule has 0 amide bonds. The summed E-state index contributed by atoms with van der Waals surface area (Å²) in [7, 11) is 0. The molecule has 5 rings (SSSR count). The Morgan fingerprint density at radius 1 is 0.811 bits per heavy atom. The van der Waals surface area contributed by atoms with E-state index in [1.54, 1.807) is 18.2 Å². The van der Waals surface area contributed by atoms with Gasteiger partial charge in [-0.15, -0.1) is 11.3 Å². The van der Waals surface area contributed by atoms with Crippen LogP contribution in [0, 0.1) is 5.82 Å². The second-order valence-corrected chi connectivity index (χ2v) is 9.83. The number of halogens is 1. The number of carbonyl (C=O) groups is 1. The van der Waals surface area contributed by atoms with Gasteiger partial charge in [-0.3, -0.25) is 0 Å². The van der Waals surface area contributed by atoms with Crippen LogP contribution < -0.4 is 9.47 Å². The van der Waals surface area contributed by atoms with Crippen LogP contribution in [0.4, 0.5) is 4.39 Å². The second kappa shape index (κ2) is 11.0. The van der Waals surface area contributed by atoms with E-state index in [0.29, 0.717) is 22.6 Å². The molecule has 3 nitrogen and oxygen atoms in total. The summed E-state index contributed by atoms with van der Waals surface area (Å²) >= 11 is 1.42. The number of hydrogen-bond acceptors (Lipinski definition) is 4. The molecular weight excluding hydrogens is 483 g/mol. The van der Waals surface area contributed by atoms with Gasteiger partial charge in [0.2, 0.25) is 0 Å². The van der Waals surface area contributed by atoms with E-state index in [4.69, 9.17) is 9.47 Å². The van der Waals surface area contributed by atoms with Crippen LogP contribution in [-0.2, 0) is 6.42 Å². The zero-order valence-corrected chi connectivity index (χ0v) is 21.6. The highest BCUT2D eigenvalue weighted by atomic mass is 32.1. The normalized spacial score (nSPS) is 11.0. The predicted octanol–water partition coefficient (Wildman–Crippen LogP) is 8.94. The minimum absolute atomic E-state index is 0.288. The Morgan fingerprint density at radius 2 is 1.46 bits per heavy atom. The number of thiophene rings is 1. The average molecular weight is 511 g/mol. The van der Waals surface area contributed by atoms with Gasteiger partial charge >= 0.3 is 5.97 Å². The van der Waals surface area contributed by atoms with Gasteiger partial charge in [0.25, 0.3) is 0 Å². The van der Waals surface area contributed by atoms with Crippen LogP contribution in [0.25, 0.3) is 31.7 Å². The topological polar surface area (TPSA) is 35.5 Å². The van der Waals surface area contributed by atoms with Gasteiger partial charge < -0.3 is 9.47 Å². The molecule has 0 unspecified atom stereocenters. The maximum Gasteiger partial charge on any atom is 0.343 e. The van der Waals surface area contributed by atoms with Crippen molar-refractivity contribution in [2.45, 2.75) is 26.7 Å². The molecule has 0 aliphatic heterocycles. The van der Waals surface area contributed by atoms with Crippen molar-refractivity contribution in [3.8, 4) is 33.1 Å². The van der Waals surface area contributed by atoms with Gasteiger partial charge in [0.05, 0.1) is 16.9 Å². The van der Waals surface area contributed by atoms with Crippen LogP contribution in [0.3, 0.4) is 0 Å². The first-order valence-corrected chi connectivity index (χ1v) is 13.2. The highest BCUT2D eigenvalue weighted by molar-refractivity contribution is 7.22. The Kier molecular flexibility index (Phi) is 7.33. The SMILES string of the molecule is CCCc1ccc(OC(=O)c2ccc(-c3ccc(-c4cc5ccc(OCC)c(F)c5s4)cc3)cc2)cc1. The van der Waals surface area contributed by atoms with Gasteiger partial charge in [0, 0.05) is 4.88 Å². The van der Waals surface area contributed by atoms with Crippen molar-refractivity contribution in [2.24, 2.45) is 0 Å². The molecule has 5 aromatic rings. The number of esters is 1. The molecule has 0 saturated carbocycles. The van der Waals surface area contributed by atoms with Gasteiger partial charge in [-0.25, -0.2) is 9.18 Å². The molecule has 0 fully saturated rings. The van der Waals surface area contributed by atoms with Gasteiger partial charge in [-0.1, -0.05) is 61.9 Å². The summed E-state index contributed by atoms with van der Waals surface area (Å²) in [5, 5.41) is 0.865. The molecule has 37 heavy (non-hydrogen) atoms. The number of hydrogen-bond donors (Lipinski definition) is 0. The van der Waals surface area contributed by atoms with Crippen LogP contribution in [0.5, 0.6) is 11.5 Å². The highest BCUT2D eigenvalue weighted by Gasteiger charge is 2.13. The fourth-order valence-electron chi connectivity index (χ4n) is 4.26. The summed E-state index contributed by atoms with van der Waals surface area (Å²) < 4.78 is 26.3. The third-order valence-corrected chi connectivity index (χ3v) is 7.38. The minimum Gasteiger partial charge on any atom is -0.491 e. The lowest BCUT2D eigenvalue weighted by molar-refractivity contribution is 0.0734. The van der Waals surface area contributed by atoms with Crippen molar-refractivity contribution in [1.29, 1.82) is 0 Å². The maximum absolute atomic E-state index is 14.8. The largest absolute Gasteiger partial charge is 0.491 e. The Hall–Kier alpha value is -3.96. The lowest BCUT2D eigenvalue weighted by Crippen LogP contribution is -2.08. The van der Waals surface area contributed by atoms with Crippen molar-refractivity contribution < 1.29 is 18.7 Å². The van der Waals surface area contributed by atoms with E-state index in [9.17, 15) is 9.18 Å². The van der Waals surface area contributed by atoms with E-state index in [2.05, 4.69) is 6.92 Å². The maximum atomic E-state index is 14.8. The number of rotatable bonds is 8. The van der Waals surface area contributed by atoms with E-state index in [1.165, 1.54) is 16.9 Å². The first-order valence-electron chi connectivity index (χ1n) is 12.4. The number of fused-ring (bicyclic) bond motifs is 1. The zero-order chi connectivity index (χ0) is 25.8. The summed E-state index contributed by atoms with van der Waals surface area (Å²) in [6.45, 7) is 4.41. The fourth-order valence-corrected chi connectivity index (χ4v) is 5.36. The standard InChI is InChI=1S/C32H27FO3S/c1-3-5-21-6-17-27(18-7-21)36-32(34)25-14-10-23(11-15-25)22-8-12-24(13-9-22)29-20-26-16-19-28(35-4-2)30(33)31(26)37-29/h6-20H,3-5H2,1-2H3. The molecular formula is C32H27FO3S. The first kappa shape index (κ1) is 24.7. The average Bonchev–Trinajstić information content (AvgIpc) is 3.37. The fraction of sp³-hybridized carbons (Fsp3) is 0.156. The van der Waals surface area contributed by atoms with Crippen molar-refractivity contribution in [3.05, 3.63) is 108 Å². The molecule has 0 bridgehead atoms. The van der Waals surface area contributed by atoms with E-state index < -0.39 is 0 Å². The quantitative estimate of drug-likeness (QED) is 0.154. The Morgan fingerprint density at radius 3 is 2.11 bits per heavy atom. The third kappa shape index (κ3) is 5.42. The molecule has 0 aliphatic rings. The molecule has 1 heterocycles. The molecule has 5 heteroatoms. The predicted molar refractivity (Wildman–Crippen MR) is 149 cm³/mol. The van der Waals surface area contributed by atoms with Gasteiger partial charge in [0.1, 0.15) is 5.75 Å². The van der Waals surface area contributed by atoms with E-state index in [0.717, 1.165) is 39.8 Å². The molecule has 186 valence electrons. The summed E-state index contributed by atoms with van der Waals surface area (Å²) in [6, 6.07) is 28.8. The molecule has 1 aromatic heterocycles. The second-order valence-electron chi connectivity index (χ2n) is 8.78. The Labute approximate surface area is 220 Å². The number of ether oxygens (including phenoxy) is 2. The minimum atomic E-state index is -0.380. The molecule has 0 atom stereocenters. The van der Waals surface area contributed by atoms with Gasteiger partial charge in [-0.2, -0.15) is 0 Å². The lowest BCUT2D eigenvalue weighted by Gasteiger charge is -2.07. The van der Waals surface area contributed by atoms with Crippen LogP contribution in [0.1, 0.15) is 36.2 Å². The Bertz CT molecular complexity index is 1520. The molecule has 0 N–H and O–H groups in total. The van der Waals surface area contributed by atoms with Crippen LogP contribution >= 0.6 is 11.3 Å². The van der Waals surface area contributed by atoms with Crippen molar-refractivity contribution in [1.82, 2.24) is 0 Å². The van der Waals surface area contributed by atoms with Crippen molar-refractivity contribution >= 4 is 27.4 Å². The molecule has 0 saturated heterocycles. The third-order valence-electron chi connectivity index (χ3n) is 6.19. The molecule has 0 aliphatic carbocycles. The lowest BCUT2D eigenvalue weighted by atomic mass is 10.0. The monoisotopic (exact) mass is 510 g/mol. The van der Waals surface area contributed by atoms with E-state index in [1.807, 2.05) is 79.7 Å². The van der Waals surface area contributed by atoms with Crippen LogP contribution in [-0.4, -0.2) is 12.6 Å². The summed E-state index contributed by atoms with van der Waals surface area (Å²) in [6.07, 6.45) is 2.09. The zero-order valence-electron chi connectivity index (χ0n) is 20.8. The van der Waals surface area contributed by atoms with E-state index >= 15 is 0 Å². The smallest absolute Gasteiger partial charge is 0.343 e. The Balaban J connectivity index is 1.29. The molecule has 0 spiro atoms. The summed E-state index contributed by atoms with van der Waals surface area (Å²) in [5.74, 6) is 0.143. The van der Waals surface area contributed by atoms with Crippen molar-refractivity contribution in [2.75, 3.05) is 6.61 Å². The van der Waals surface area contributed by atoms with Gasteiger partial charge in [-0.05, 0) is 83.4 Å². The number of carbonyl (C=O) groups excluding carboxylic acids is 1. The highest BCUT2D eigenvalue weighted by Crippen LogP contribution is 2.38. The summed E-state index contributed by atoms with van der Waals surface area (Å²) in [4.78, 5) is 13.6. The number of benzene rings is 4. The van der Waals surface area contributed by atoms with Gasteiger partial charge in [0.15, 0.2) is 11.6 Å². The summed E-state index contributed by atoms with van der Waals surface area (Å²) in [5.41, 5.74) is 4.77. The van der Waals surface area contributed by atoms with E-state index in [-0.39, 0.29) is 17.5 Å². The molecule has 0 radical (unpaired) electrons. The molecule has 4 aromatic carbocycles. The van der Waals surface area contributed by atoms with Crippen molar-refractivity contribution in [3.63, 3.8) is 0 Å².